The van der Waals surface area contributed by atoms with Gasteiger partial charge in [-0.25, -0.2) is 4.79 Å². The number of carbonyl (C=O) groups is 3. The number of aromatic nitrogens is 2. The van der Waals surface area contributed by atoms with Crippen LogP contribution < -0.4 is 11.1 Å². The Labute approximate surface area is 197 Å². The number of hydrogen-bond acceptors (Lipinski definition) is 11. The van der Waals surface area contributed by atoms with Crippen LogP contribution in [0.1, 0.15) is 32.6 Å². The summed E-state index contributed by atoms with van der Waals surface area (Å²) in [5.41, 5.74) is 6.65. The van der Waals surface area contributed by atoms with E-state index >= 15 is 0 Å². The number of carboxylic acids is 2. The Hall–Kier alpha value is -3.10. The highest BCUT2D eigenvalue weighted by molar-refractivity contribution is 8.01. The molecule has 2 rings (SSSR count). The molecule has 0 aliphatic carbocycles. The summed E-state index contributed by atoms with van der Waals surface area (Å²) in [6.07, 6.45) is 2.04. The molecule has 12 nitrogen and oxygen atoms in total. The van der Waals surface area contributed by atoms with Gasteiger partial charge < -0.3 is 26.1 Å². The quantitative estimate of drug-likeness (QED) is 0.131. The van der Waals surface area contributed by atoms with E-state index in [1.54, 1.807) is 23.9 Å². The second-order valence-electron chi connectivity index (χ2n) is 6.69. The maximum Gasteiger partial charge on any atom is 0.344 e. The topological polar surface area (TPSA) is 189 Å². The third kappa shape index (κ3) is 9.11. The Balaban J connectivity index is 2.18. The molecular formula is C19H24N6O6S2. The van der Waals surface area contributed by atoms with E-state index in [1.165, 1.54) is 17.4 Å². The first-order chi connectivity index (χ1) is 15.8. The number of rotatable bonds is 14. The zero-order valence-corrected chi connectivity index (χ0v) is 19.4. The Morgan fingerprint density at radius 2 is 2.09 bits per heavy atom. The lowest BCUT2D eigenvalue weighted by molar-refractivity contribution is -0.142. The molecule has 0 spiro atoms. The minimum atomic E-state index is -1.20. The van der Waals surface area contributed by atoms with E-state index in [0.717, 1.165) is 22.9 Å². The first-order valence-corrected chi connectivity index (χ1v) is 11.7. The number of unbranched alkanes of at least 4 members (excludes halogenated alkanes) is 1. The van der Waals surface area contributed by atoms with Crippen molar-refractivity contribution in [2.45, 2.75) is 43.0 Å². The number of carboxylic acid groups (broad SMARTS) is 2. The molecule has 1 atom stereocenters. The van der Waals surface area contributed by atoms with Gasteiger partial charge in [0.25, 0.3) is 0 Å². The molecule has 1 heterocycles. The van der Waals surface area contributed by atoms with Crippen molar-refractivity contribution in [2.75, 3.05) is 17.7 Å². The molecule has 0 saturated carbocycles. The predicted octanol–water partition coefficient (Wildman–Crippen LogP) is 3.33. The molecule has 5 N–H and O–H groups in total. The number of amides is 1. The van der Waals surface area contributed by atoms with Gasteiger partial charge in [-0.1, -0.05) is 36.4 Å². The summed E-state index contributed by atoms with van der Waals surface area (Å²) in [4.78, 5) is 38.2. The fourth-order valence-corrected chi connectivity index (χ4v) is 4.38. The SMILES string of the molecule is CCCCSc1nnc(-c2ccc(NC(=O)CCC(N)C(=O)O)cc2N=NOCC(=O)O)s1. The molecular weight excluding hydrogens is 472 g/mol. The number of anilines is 1. The van der Waals surface area contributed by atoms with Crippen molar-refractivity contribution in [3.63, 3.8) is 0 Å². The maximum absolute atomic E-state index is 12.1. The smallest absolute Gasteiger partial charge is 0.344 e. The predicted molar refractivity (Wildman–Crippen MR) is 123 cm³/mol. The summed E-state index contributed by atoms with van der Waals surface area (Å²) in [6.45, 7) is 1.45. The number of carbonyl (C=O) groups excluding carboxylic acids is 1. The summed E-state index contributed by atoms with van der Waals surface area (Å²) < 4.78 is 0.801. The molecule has 0 fully saturated rings. The average Bonchev–Trinajstić information content (AvgIpc) is 3.24. The zero-order chi connectivity index (χ0) is 24.2. The van der Waals surface area contributed by atoms with Crippen LogP contribution in [0.2, 0.25) is 0 Å². The number of nitrogens with zero attached hydrogens (tertiary/aromatic N) is 4. The number of aliphatic carboxylic acids is 2. The molecule has 1 aromatic carbocycles. The summed E-state index contributed by atoms with van der Waals surface area (Å²) in [6, 6.07) is 3.69. The maximum atomic E-state index is 12.1. The van der Waals surface area contributed by atoms with Crippen LogP contribution in [0.25, 0.3) is 10.6 Å². The van der Waals surface area contributed by atoms with Gasteiger partial charge in [-0.2, -0.15) is 0 Å². The van der Waals surface area contributed by atoms with Crippen molar-refractivity contribution >= 4 is 52.3 Å². The number of nitrogens with two attached hydrogens (primary N) is 1. The second-order valence-corrected chi connectivity index (χ2v) is 9.01. The largest absolute Gasteiger partial charge is 0.480 e. The van der Waals surface area contributed by atoms with Crippen LogP contribution in [0.3, 0.4) is 0 Å². The van der Waals surface area contributed by atoms with E-state index in [9.17, 15) is 14.4 Å². The Bertz CT molecular complexity index is 999. The number of hydrogen-bond donors (Lipinski definition) is 4. The van der Waals surface area contributed by atoms with Gasteiger partial charge in [0.1, 0.15) is 11.7 Å². The van der Waals surface area contributed by atoms with Crippen LogP contribution in [0.15, 0.2) is 32.9 Å². The lowest BCUT2D eigenvalue weighted by atomic mass is 10.1. The van der Waals surface area contributed by atoms with E-state index in [1.807, 2.05) is 0 Å². The molecule has 2 aromatic rings. The molecule has 0 radical (unpaired) electrons. The fraction of sp³-hybridized carbons (Fsp3) is 0.421. The van der Waals surface area contributed by atoms with Gasteiger partial charge in [0.2, 0.25) is 12.5 Å². The van der Waals surface area contributed by atoms with E-state index in [0.29, 0.717) is 16.3 Å². The summed E-state index contributed by atoms with van der Waals surface area (Å²) in [5.74, 6) is -1.87. The van der Waals surface area contributed by atoms with E-state index in [-0.39, 0.29) is 18.5 Å². The van der Waals surface area contributed by atoms with Crippen LogP contribution in [0, 0.1) is 0 Å². The first-order valence-electron chi connectivity index (χ1n) is 9.94. The lowest BCUT2D eigenvalue weighted by Gasteiger charge is -2.09. The lowest BCUT2D eigenvalue weighted by Crippen LogP contribution is -2.31. The minimum Gasteiger partial charge on any atom is -0.480 e. The van der Waals surface area contributed by atoms with E-state index in [2.05, 4.69) is 37.7 Å². The molecule has 0 saturated heterocycles. The summed E-state index contributed by atoms with van der Waals surface area (Å²) >= 11 is 2.98. The third-order valence-corrected chi connectivity index (χ3v) is 6.21. The van der Waals surface area contributed by atoms with Gasteiger partial charge in [-0.15, -0.1) is 15.3 Å². The number of nitrogens with one attached hydrogen (secondary N) is 1. The summed E-state index contributed by atoms with van der Waals surface area (Å²) in [5, 5.41) is 36.4. The van der Waals surface area contributed by atoms with Gasteiger partial charge in [-0.3, -0.25) is 9.59 Å². The molecule has 0 bridgehead atoms. The summed E-state index contributed by atoms with van der Waals surface area (Å²) in [7, 11) is 0. The zero-order valence-electron chi connectivity index (χ0n) is 17.8. The van der Waals surface area contributed by atoms with Gasteiger partial charge in [-0.05, 0) is 31.0 Å². The Morgan fingerprint density at radius 3 is 2.79 bits per heavy atom. The molecule has 1 aromatic heterocycles. The average molecular weight is 497 g/mol. The van der Waals surface area contributed by atoms with Crippen LogP contribution >= 0.6 is 23.1 Å². The van der Waals surface area contributed by atoms with Gasteiger partial charge in [0.05, 0.1) is 0 Å². The number of thioether (sulfide) groups is 1. The standard InChI is InChI=1S/C19H24N6O6S2/c1-2-3-8-32-19-24-23-17(33-19)12-5-4-11(9-14(12)22-25-31-10-16(27)28)21-15(26)7-6-13(20)18(29)30/h4-5,9,13H,2-3,6-8,10,20H2,1H3,(H,21,26)(H,27,28)(H,29,30). The van der Waals surface area contributed by atoms with Crippen molar-refractivity contribution in [2.24, 2.45) is 16.1 Å². The molecule has 1 unspecified atom stereocenters. The van der Waals surface area contributed by atoms with Crippen LogP contribution in [-0.4, -0.2) is 56.7 Å². The second kappa shape index (κ2) is 13.4. The van der Waals surface area contributed by atoms with Gasteiger partial charge >= 0.3 is 11.9 Å². The minimum absolute atomic E-state index is 0.0158. The van der Waals surface area contributed by atoms with Crippen molar-refractivity contribution in [3.05, 3.63) is 18.2 Å². The highest BCUT2D eigenvalue weighted by Crippen LogP contribution is 2.37. The Morgan fingerprint density at radius 1 is 1.30 bits per heavy atom. The van der Waals surface area contributed by atoms with Crippen molar-refractivity contribution in [3.8, 4) is 10.6 Å². The Kier molecular flexibility index (Phi) is 10.7. The van der Waals surface area contributed by atoms with Crippen LogP contribution in [0.5, 0.6) is 0 Å². The van der Waals surface area contributed by atoms with Crippen LogP contribution in [-0.2, 0) is 19.2 Å². The monoisotopic (exact) mass is 496 g/mol. The molecule has 0 aliphatic rings. The molecule has 178 valence electrons. The van der Waals surface area contributed by atoms with Crippen molar-refractivity contribution in [1.29, 1.82) is 0 Å². The molecule has 33 heavy (non-hydrogen) atoms. The number of benzene rings is 1. The highest BCUT2D eigenvalue weighted by Gasteiger charge is 2.16. The van der Waals surface area contributed by atoms with Crippen LogP contribution in [0.4, 0.5) is 11.4 Å². The molecule has 1 amide bonds. The van der Waals surface area contributed by atoms with Gasteiger partial charge in [0, 0.05) is 28.7 Å². The fourth-order valence-electron chi connectivity index (χ4n) is 2.34. The van der Waals surface area contributed by atoms with E-state index in [4.69, 9.17) is 15.9 Å². The molecule has 0 aliphatic heterocycles. The van der Waals surface area contributed by atoms with E-state index < -0.39 is 30.5 Å². The first kappa shape index (κ1) is 26.2. The van der Waals surface area contributed by atoms with Gasteiger partial charge in [0.15, 0.2) is 9.35 Å². The van der Waals surface area contributed by atoms with Crippen molar-refractivity contribution in [1.82, 2.24) is 10.2 Å². The molecule has 14 heteroatoms. The van der Waals surface area contributed by atoms with Crippen molar-refractivity contribution < 1.29 is 29.4 Å². The highest BCUT2D eigenvalue weighted by atomic mass is 32.2. The normalized spacial score (nSPS) is 11.9. The third-order valence-electron chi connectivity index (χ3n) is 4.04.